The molecule has 2 bridgehead atoms. The number of imide groups is 1. The topological polar surface area (TPSA) is 37.4 Å². The number of halogens is 5. The van der Waals surface area contributed by atoms with Crippen LogP contribution in [-0.4, -0.2) is 11.8 Å². The summed E-state index contributed by atoms with van der Waals surface area (Å²) < 4.78 is 68.7. The largest absolute Gasteiger partial charge is 0.274 e. The Morgan fingerprint density at radius 2 is 0.923 bits per heavy atom. The third-order valence-electron chi connectivity index (χ3n) is 6.08. The van der Waals surface area contributed by atoms with Crippen LogP contribution in [0.25, 0.3) is 0 Å². The van der Waals surface area contributed by atoms with E-state index >= 15 is 0 Å². The monoisotopic (exact) mass is 367 g/mol. The summed E-state index contributed by atoms with van der Waals surface area (Å²) in [6, 6.07) is 0. The minimum absolute atomic E-state index is 0.0549. The number of carbonyl (C=O) groups excluding carboxylic acids is 2. The van der Waals surface area contributed by atoms with Crippen molar-refractivity contribution in [3.63, 3.8) is 0 Å². The summed E-state index contributed by atoms with van der Waals surface area (Å²) in [4.78, 5) is 25.8. The molecule has 0 spiro atoms. The first-order valence-electron chi connectivity index (χ1n) is 8.10. The maximum absolute atomic E-state index is 14.2. The Bertz CT molecular complexity index is 886. The molecular formula is C18H10F5NO2. The van der Waals surface area contributed by atoms with Gasteiger partial charge >= 0.3 is 0 Å². The minimum atomic E-state index is -2.33. The van der Waals surface area contributed by atoms with Gasteiger partial charge in [-0.25, -0.2) is 26.9 Å². The molecule has 1 heterocycles. The molecule has 1 saturated heterocycles. The lowest BCUT2D eigenvalue weighted by Crippen LogP contribution is -2.50. The van der Waals surface area contributed by atoms with E-state index in [2.05, 4.69) is 0 Å². The predicted molar refractivity (Wildman–Crippen MR) is 77.9 cm³/mol. The molecule has 5 aliphatic rings. The fourth-order valence-electron chi connectivity index (χ4n) is 4.90. The van der Waals surface area contributed by atoms with Gasteiger partial charge in [0.2, 0.25) is 17.6 Å². The Balaban J connectivity index is 1.66. The molecule has 4 aliphatic carbocycles. The van der Waals surface area contributed by atoms with E-state index in [9.17, 15) is 31.5 Å². The molecule has 0 unspecified atom stereocenters. The number of hydrogen-bond acceptors (Lipinski definition) is 2. The molecule has 3 nitrogen and oxygen atoms in total. The number of anilines is 1. The zero-order chi connectivity index (χ0) is 18.5. The Morgan fingerprint density at radius 1 is 0.577 bits per heavy atom. The number of amides is 2. The number of hydrogen-bond donors (Lipinski definition) is 0. The number of benzene rings is 1. The van der Waals surface area contributed by atoms with E-state index in [0.29, 0.717) is 0 Å². The number of rotatable bonds is 1. The van der Waals surface area contributed by atoms with Crippen molar-refractivity contribution in [1.82, 2.24) is 0 Å². The number of nitrogens with zero attached hydrogens (tertiary/aromatic N) is 1. The van der Waals surface area contributed by atoms with E-state index in [0.717, 1.165) is 0 Å². The minimum Gasteiger partial charge on any atom is -0.274 e. The number of carbonyl (C=O) groups is 2. The summed E-state index contributed by atoms with van der Waals surface area (Å²) in [5.41, 5.74) is -1.48. The van der Waals surface area contributed by atoms with Crippen LogP contribution in [-0.2, 0) is 9.59 Å². The highest BCUT2D eigenvalue weighted by atomic mass is 19.2. The summed E-state index contributed by atoms with van der Waals surface area (Å²) in [7, 11) is 0. The standard InChI is InChI=1S/C18H10F5NO2/c19-11-12(20)14(22)16(15(23)13(11)21)24-17(25)9-7-3-4-8(10(9)18(24)26)6-2-1-5(6)7/h1-10H/t5-,6+,7-,8+,9-,10+. The first-order valence-corrected chi connectivity index (χ1v) is 8.10. The average Bonchev–Trinajstić information content (AvgIpc) is 2.85. The van der Waals surface area contributed by atoms with E-state index in [1.54, 1.807) is 0 Å². The maximum Gasteiger partial charge on any atom is 0.238 e. The summed E-state index contributed by atoms with van der Waals surface area (Å²) in [6.45, 7) is 0. The van der Waals surface area contributed by atoms with Gasteiger partial charge in [0.15, 0.2) is 23.3 Å². The highest BCUT2D eigenvalue weighted by Gasteiger charge is 2.63. The highest BCUT2D eigenvalue weighted by Crippen LogP contribution is 2.59. The van der Waals surface area contributed by atoms with Crippen molar-refractivity contribution < 1.29 is 31.5 Å². The van der Waals surface area contributed by atoms with Gasteiger partial charge in [-0.05, 0) is 23.7 Å². The average molecular weight is 367 g/mol. The molecule has 26 heavy (non-hydrogen) atoms. The molecule has 0 N–H and O–H groups in total. The van der Waals surface area contributed by atoms with E-state index in [-0.39, 0.29) is 28.6 Å². The van der Waals surface area contributed by atoms with Crippen LogP contribution in [0.5, 0.6) is 0 Å². The van der Waals surface area contributed by atoms with E-state index in [1.807, 2.05) is 24.3 Å². The van der Waals surface area contributed by atoms with Gasteiger partial charge in [-0.2, -0.15) is 0 Å². The van der Waals surface area contributed by atoms with Crippen LogP contribution in [0.4, 0.5) is 27.6 Å². The van der Waals surface area contributed by atoms with Crippen molar-refractivity contribution in [2.75, 3.05) is 4.90 Å². The molecule has 2 fully saturated rings. The van der Waals surface area contributed by atoms with Crippen LogP contribution >= 0.6 is 0 Å². The van der Waals surface area contributed by atoms with Crippen LogP contribution in [0, 0.1) is 64.6 Å². The molecule has 0 aromatic heterocycles. The zero-order valence-corrected chi connectivity index (χ0v) is 12.9. The van der Waals surface area contributed by atoms with Gasteiger partial charge in [0, 0.05) is 0 Å². The Morgan fingerprint density at radius 3 is 1.31 bits per heavy atom. The van der Waals surface area contributed by atoms with Crippen molar-refractivity contribution in [2.45, 2.75) is 0 Å². The Labute approximate surface area is 143 Å². The number of allylic oxidation sites excluding steroid dienone is 4. The molecule has 2 amide bonds. The summed E-state index contributed by atoms with van der Waals surface area (Å²) in [5.74, 6) is -15.1. The van der Waals surface area contributed by atoms with Crippen LogP contribution in [0.3, 0.4) is 0 Å². The first-order chi connectivity index (χ1) is 12.3. The first kappa shape index (κ1) is 15.7. The lowest BCUT2D eigenvalue weighted by molar-refractivity contribution is -0.127. The van der Waals surface area contributed by atoms with Gasteiger partial charge in [-0.3, -0.25) is 9.59 Å². The lowest BCUT2D eigenvalue weighted by atomic mass is 9.50. The van der Waals surface area contributed by atoms with Gasteiger partial charge in [-0.1, -0.05) is 24.3 Å². The van der Waals surface area contributed by atoms with Gasteiger partial charge in [0.1, 0.15) is 5.69 Å². The van der Waals surface area contributed by atoms with Crippen LogP contribution < -0.4 is 4.90 Å². The molecule has 134 valence electrons. The molecule has 1 aromatic rings. The molecule has 8 heteroatoms. The zero-order valence-electron chi connectivity index (χ0n) is 12.9. The molecule has 6 rings (SSSR count). The predicted octanol–water partition coefficient (Wildman–Crippen LogP) is 3.11. The Kier molecular flexibility index (Phi) is 2.91. The van der Waals surface area contributed by atoms with E-state index in [4.69, 9.17) is 0 Å². The molecule has 1 aliphatic heterocycles. The van der Waals surface area contributed by atoms with Crippen LogP contribution in [0.2, 0.25) is 0 Å². The highest BCUT2D eigenvalue weighted by molar-refractivity contribution is 6.22. The molecular weight excluding hydrogens is 357 g/mol. The van der Waals surface area contributed by atoms with Gasteiger partial charge < -0.3 is 0 Å². The third kappa shape index (κ3) is 1.58. The molecule has 6 atom stereocenters. The van der Waals surface area contributed by atoms with Crippen molar-refractivity contribution in [2.24, 2.45) is 35.5 Å². The molecule has 1 aromatic carbocycles. The fraction of sp³-hybridized carbons (Fsp3) is 0.333. The second-order valence-corrected chi connectivity index (χ2v) is 7.06. The fourth-order valence-corrected chi connectivity index (χ4v) is 4.90. The molecule has 1 saturated carbocycles. The van der Waals surface area contributed by atoms with Crippen molar-refractivity contribution in [1.29, 1.82) is 0 Å². The lowest BCUT2D eigenvalue weighted by Gasteiger charge is -2.51. The van der Waals surface area contributed by atoms with Crippen molar-refractivity contribution >= 4 is 17.5 Å². The van der Waals surface area contributed by atoms with E-state index < -0.39 is 58.4 Å². The molecule has 0 radical (unpaired) electrons. The summed E-state index contributed by atoms with van der Waals surface area (Å²) in [6.07, 6.45) is 7.45. The quantitative estimate of drug-likeness (QED) is 0.252. The second kappa shape index (κ2) is 4.81. The SMILES string of the molecule is O=C1[C@@H]2[C@@H]3C=C[C@@H]([C@H]4C=C[C@H]43)[C@@H]2C(=O)N1c1c(F)c(F)c(F)c(F)c1F. The van der Waals surface area contributed by atoms with Crippen molar-refractivity contribution in [3.05, 3.63) is 53.4 Å². The van der Waals surface area contributed by atoms with Gasteiger partial charge in [0.25, 0.3) is 0 Å². The summed E-state index contributed by atoms with van der Waals surface area (Å²) in [5, 5.41) is 0. The van der Waals surface area contributed by atoms with E-state index in [1.165, 1.54) is 0 Å². The normalized spacial score (nSPS) is 36.4. The summed E-state index contributed by atoms with van der Waals surface area (Å²) >= 11 is 0. The van der Waals surface area contributed by atoms with Gasteiger partial charge in [0.05, 0.1) is 11.8 Å². The second-order valence-electron chi connectivity index (χ2n) is 7.06. The smallest absolute Gasteiger partial charge is 0.238 e. The van der Waals surface area contributed by atoms with Crippen LogP contribution in [0.15, 0.2) is 24.3 Å². The third-order valence-corrected chi connectivity index (χ3v) is 6.08. The van der Waals surface area contributed by atoms with Crippen molar-refractivity contribution in [3.8, 4) is 0 Å². The Hall–Kier alpha value is -2.51. The van der Waals surface area contributed by atoms with Crippen LogP contribution in [0.1, 0.15) is 0 Å². The maximum atomic E-state index is 14.2. The van der Waals surface area contributed by atoms with Gasteiger partial charge in [-0.15, -0.1) is 0 Å².